The second-order valence-electron chi connectivity index (χ2n) is 4.52. The van der Waals surface area contributed by atoms with Crippen LogP contribution in [0.2, 0.25) is 0 Å². The molecule has 0 spiro atoms. The fourth-order valence-electron chi connectivity index (χ4n) is 1.93. The summed E-state index contributed by atoms with van der Waals surface area (Å²) < 4.78 is 0. The third-order valence-corrected chi connectivity index (χ3v) is 2.86. The molecule has 110 valence electrons. The third-order valence-electron chi connectivity index (χ3n) is 2.86. The molecule has 0 saturated carbocycles. The van der Waals surface area contributed by atoms with E-state index in [1.807, 2.05) is 24.3 Å². The van der Waals surface area contributed by atoms with Crippen LogP contribution in [0.5, 0.6) is 0 Å². The molecule has 0 saturated heterocycles. The van der Waals surface area contributed by atoms with E-state index in [9.17, 15) is 4.79 Å². The van der Waals surface area contributed by atoms with E-state index in [-0.39, 0.29) is 0 Å². The van der Waals surface area contributed by atoms with Crippen molar-refractivity contribution in [1.82, 2.24) is 0 Å². The van der Waals surface area contributed by atoms with Crippen LogP contribution in [0.15, 0.2) is 48.5 Å². The molecule has 0 aliphatic heterocycles. The summed E-state index contributed by atoms with van der Waals surface area (Å²) in [4.78, 5) is 10.5. The summed E-state index contributed by atoms with van der Waals surface area (Å²) in [6.45, 7) is 0. The molecule has 1 amide bonds. The van der Waals surface area contributed by atoms with Gasteiger partial charge in [0.25, 0.3) is 0 Å². The van der Waals surface area contributed by atoms with E-state index >= 15 is 0 Å². The Kier molecular flexibility index (Phi) is 4.76. The summed E-state index contributed by atoms with van der Waals surface area (Å²) in [5.41, 5.74) is 3.26. The number of hydrogen-bond donors (Lipinski definition) is 5. The predicted octanol–water partition coefficient (Wildman–Crippen LogP) is 2.05. The normalized spacial score (nSPS) is 10.4. The average Bonchev–Trinajstić information content (AvgIpc) is 2.42. The number of benzene rings is 2. The lowest BCUT2D eigenvalue weighted by atomic mass is 10.0. The molecule has 0 atom stereocenters. The van der Waals surface area contributed by atoms with Crippen LogP contribution >= 0.6 is 0 Å². The molecule has 0 unspecified atom stereocenters. The van der Waals surface area contributed by atoms with Gasteiger partial charge in [0.2, 0.25) is 6.41 Å². The van der Waals surface area contributed by atoms with Gasteiger partial charge in [0.15, 0.2) is 0 Å². The SMILES string of the molecule is O=C(O)Nc1ccc(Cc2ccc(NC(O)O)cc2)cc1. The largest absolute Gasteiger partial charge is 0.465 e. The van der Waals surface area contributed by atoms with Crippen LogP contribution in [0, 0.1) is 0 Å². The maximum absolute atomic E-state index is 10.5. The highest BCUT2D eigenvalue weighted by Gasteiger charge is 2.01. The van der Waals surface area contributed by atoms with E-state index in [0.717, 1.165) is 11.1 Å². The highest BCUT2D eigenvalue weighted by Crippen LogP contribution is 2.16. The summed E-state index contributed by atoms with van der Waals surface area (Å²) in [6, 6.07) is 14.4. The minimum Gasteiger partial charge on any atom is -0.465 e. The van der Waals surface area contributed by atoms with Gasteiger partial charge in [-0.05, 0) is 41.8 Å². The van der Waals surface area contributed by atoms with Gasteiger partial charge >= 0.3 is 6.09 Å². The Morgan fingerprint density at radius 1 is 0.905 bits per heavy atom. The number of rotatable bonds is 5. The molecular weight excluding hydrogens is 272 g/mol. The molecular formula is C15H16N2O4. The average molecular weight is 288 g/mol. The lowest BCUT2D eigenvalue weighted by Gasteiger charge is -2.09. The van der Waals surface area contributed by atoms with Crippen LogP contribution in [-0.2, 0) is 6.42 Å². The van der Waals surface area contributed by atoms with Crippen LogP contribution in [0.1, 0.15) is 11.1 Å². The van der Waals surface area contributed by atoms with Crippen LogP contribution in [0.4, 0.5) is 16.2 Å². The number of aliphatic hydroxyl groups is 2. The van der Waals surface area contributed by atoms with E-state index < -0.39 is 12.5 Å². The number of anilines is 2. The Morgan fingerprint density at radius 3 is 1.81 bits per heavy atom. The molecule has 0 bridgehead atoms. The van der Waals surface area contributed by atoms with Gasteiger partial charge < -0.3 is 20.6 Å². The summed E-state index contributed by atoms with van der Waals surface area (Å²) in [5.74, 6) is 0. The van der Waals surface area contributed by atoms with Crippen molar-refractivity contribution < 1.29 is 20.1 Å². The molecule has 2 rings (SSSR count). The van der Waals surface area contributed by atoms with Gasteiger partial charge in [0, 0.05) is 11.4 Å². The second-order valence-corrected chi connectivity index (χ2v) is 4.52. The summed E-state index contributed by atoms with van der Waals surface area (Å²) in [7, 11) is 0. The molecule has 0 radical (unpaired) electrons. The lowest BCUT2D eigenvalue weighted by molar-refractivity contribution is -0.0147. The zero-order valence-corrected chi connectivity index (χ0v) is 11.2. The van der Waals surface area contributed by atoms with Gasteiger partial charge in [0.1, 0.15) is 0 Å². The smallest absolute Gasteiger partial charge is 0.409 e. The molecule has 6 nitrogen and oxygen atoms in total. The van der Waals surface area contributed by atoms with Crippen molar-refractivity contribution in [2.45, 2.75) is 12.8 Å². The first-order valence-corrected chi connectivity index (χ1v) is 6.33. The molecule has 5 N–H and O–H groups in total. The van der Waals surface area contributed by atoms with Gasteiger partial charge in [-0.2, -0.15) is 0 Å². The van der Waals surface area contributed by atoms with Crippen LogP contribution < -0.4 is 10.6 Å². The van der Waals surface area contributed by atoms with E-state index in [1.165, 1.54) is 0 Å². The number of carboxylic acid groups (broad SMARTS) is 1. The maximum atomic E-state index is 10.5. The molecule has 0 aliphatic rings. The van der Waals surface area contributed by atoms with Gasteiger partial charge in [-0.3, -0.25) is 5.32 Å². The molecule has 6 heteroatoms. The van der Waals surface area contributed by atoms with Gasteiger partial charge in [-0.1, -0.05) is 24.3 Å². The number of hydrogen-bond acceptors (Lipinski definition) is 4. The third kappa shape index (κ3) is 4.79. The fraction of sp³-hybridized carbons (Fsp3) is 0.133. The molecule has 0 aromatic heterocycles. The maximum Gasteiger partial charge on any atom is 0.409 e. The standard InChI is InChI=1S/C15H16N2O4/c18-14(19)16-12-5-1-10(2-6-12)9-11-3-7-13(8-4-11)17-15(20)21/h1-8,14,16-19H,9H2,(H,20,21). The minimum atomic E-state index is -1.58. The van der Waals surface area contributed by atoms with Crippen molar-refractivity contribution in [1.29, 1.82) is 0 Å². The Balaban J connectivity index is 1.99. The van der Waals surface area contributed by atoms with Gasteiger partial charge in [-0.25, -0.2) is 4.79 Å². The molecule has 2 aromatic rings. The van der Waals surface area contributed by atoms with Gasteiger partial charge in [0.05, 0.1) is 0 Å². The van der Waals surface area contributed by atoms with Crippen molar-refractivity contribution >= 4 is 17.5 Å². The van der Waals surface area contributed by atoms with Crippen molar-refractivity contribution in [2.24, 2.45) is 0 Å². The Labute approximate surface area is 121 Å². The van der Waals surface area contributed by atoms with Crippen molar-refractivity contribution in [2.75, 3.05) is 10.6 Å². The zero-order valence-electron chi connectivity index (χ0n) is 11.2. The monoisotopic (exact) mass is 288 g/mol. The summed E-state index contributed by atoms with van der Waals surface area (Å²) in [6.07, 6.45) is -1.96. The summed E-state index contributed by atoms with van der Waals surface area (Å²) >= 11 is 0. The lowest BCUT2D eigenvalue weighted by Crippen LogP contribution is -2.16. The zero-order chi connectivity index (χ0) is 15.2. The first kappa shape index (κ1) is 14.8. The molecule has 21 heavy (non-hydrogen) atoms. The molecule has 0 aliphatic carbocycles. The molecule has 0 heterocycles. The second kappa shape index (κ2) is 6.74. The number of amides is 1. The van der Waals surface area contributed by atoms with E-state index in [0.29, 0.717) is 17.8 Å². The topological polar surface area (TPSA) is 102 Å². The van der Waals surface area contributed by atoms with Gasteiger partial charge in [-0.15, -0.1) is 0 Å². The quantitative estimate of drug-likeness (QED) is 0.542. The van der Waals surface area contributed by atoms with Crippen LogP contribution in [0.25, 0.3) is 0 Å². The Hall–Kier alpha value is -2.57. The Bertz CT molecular complexity index is 594. The predicted molar refractivity (Wildman–Crippen MR) is 79.2 cm³/mol. The highest BCUT2D eigenvalue weighted by molar-refractivity contribution is 5.82. The van der Waals surface area contributed by atoms with Crippen LogP contribution in [0.3, 0.4) is 0 Å². The first-order valence-electron chi connectivity index (χ1n) is 6.33. The molecule has 0 fully saturated rings. The number of carbonyl (C=O) groups is 1. The van der Waals surface area contributed by atoms with Crippen molar-refractivity contribution in [3.63, 3.8) is 0 Å². The fourth-order valence-corrected chi connectivity index (χ4v) is 1.93. The van der Waals surface area contributed by atoms with E-state index in [1.54, 1.807) is 24.3 Å². The van der Waals surface area contributed by atoms with Crippen molar-refractivity contribution in [3.05, 3.63) is 59.7 Å². The highest BCUT2D eigenvalue weighted by atomic mass is 16.5. The number of aliphatic hydroxyl groups excluding tert-OH is 1. The first-order chi connectivity index (χ1) is 10.0. The van der Waals surface area contributed by atoms with E-state index in [4.69, 9.17) is 15.3 Å². The number of nitrogens with one attached hydrogen (secondary N) is 2. The molecule has 2 aromatic carbocycles. The minimum absolute atomic E-state index is 0.530. The van der Waals surface area contributed by atoms with Crippen molar-refractivity contribution in [3.8, 4) is 0 Å². The summed E-state index contributed by atoms with van der Waals surface area (Å²) in [5, 5.41) is 30.9. The van der Waals surface area contributed by atoms with Crippen LogP contribution in [-0.4, -0.2) is 27.8 Å². The Morgan fingerprint density at radius 2 is 1.38 bits per heavy atom. The van der Waals surface area contributed by atoms with E-state index in [2.05, 4.69) is 10.6 Å².